The van der Waals surface area contributed by atoms with Crippen molar-refractivity contribution >= 4 is 5.91 Å². The van der Waals surface area contributed by atoms with E-state index in [1.807, 2.05) is 31.2 Å². The smallest absolute Gasteiger partial charge is 0.257 e. The summed E-state index contributed by atoms with van der Waals surface area (Å²) in [5.74, 6) is 1.51. The number of hydrogen-bond acceptors (Lipinski definition) is 4. The Morgan fingerprint density at radius 1 is 1.21 bits per heavy atom. The van der Waals surface area contributed by atoms with E-state index < -0.39 is 0 Å². The molecule has 1 saturated heterocycles. The van der Waals surface area contributed by atoms with Gasteiger partial charge in [0.1, 0.15) is 0 Å². The van der Waals surface area contributed by atoms with Crippen molar-refractivity contribution in [2.24, 2.45) is 0 Å². The van der Waals surface area contributed by atoms with Crippen LogP contribution >= 0.6 is 0 Å². The fourth-order valence-electron chi connectivity index (χ4n) is 3.95. The Morgan fingerprint density at radius 3 is 2.83 bits per heavy atom. The van der Waals surface area contributed by atoms with Crippen molar-refractivity contribution in [2.75, 3.05) is 6.54 Å². The minimum absolute atomic E-state index is 0.0572. The number of rotatable bonds is 3. The Balaban J connectivity index is 1.50. The molecule has 0 radical (unpaired) electrons. The number of aromatic nitrogens is 2. The zero-order valence-corrected chi connectivity index (χ0v) is 14.1. The molecule has 4 rings (SSSR count). The summed E-state index contributed by atoms with van der Waals surface area (Å²) in [6.07, 6.45) is 6.55. The lowest BCUT2D eigenvalue weighted by Crippen LogP contribution is -2.37. The Morgan fingerprint density at radius 2 is 2.04 bits per heavy atom. The van der Waals surface area contributed by atoms with Crippen LogP contribution in [0.5, 0.6) is 0 Å². The molecule has 2 aromatic rings. The molecule has 1 aromatic carbocycles. The van der Waals surface area contributed by atoms with Gasteiger partial charge in [0.2, 0.25) is 5.91 Å². The molecule has 1 aromatic heterocycles. The molecule has 1 amide bonds. The first kappa shape index (κ1) is 15.4. The van der Waals surface area contributed by atoms with Crippen molar-refractivity contribution in [1.29, 1.82) is 0 Å². The minimum Gasteiger partial charge on any atom is -0.339 e. The van der Waals surface area contributed by atoms with Crippen molar-refractivity contribution < 1.29 is 9.32 Å². The zero-order chi connectivity index (χ0) is 16.5. The first-order chi connectivity index (χ1) is 11.7. The van der Waals surface area contributed by atoms with Crippen LogP contribution in [0.25, 0.3) is 11.5 Å². The largest absolute Gasteiger partial charge is 0.339 e. The maximum Gasteiger partial charge on any atom is 0.257 e. The van der Waals surface area contributed by atoms with Gasteiger partial charge in [-0.15, -0.1) is 0 Å². The van der Waals surface area contributed by atoms with Crippen LogP contribution in [0.2, 0.25) is 0 Å². The molecule has 1 aliphatic heterocycles. The summed E-state index contributed by atoms with van der Waals surface area (Å²) in [5, 5.41) is 4.15. The number of likely N-dealkylation sites (tertiary alicyclic amines) is 1. The third-order valence-corrected chi connectivity index (χ3v) is 5.25. The first-order valence-electron chi connectivity index (χ1n) is 8.91. The monoisotopic (exact) mass is 325 g/mol. The fraction of sp³-hybridized carbons (Fsp3) is 0.526. The van der Waals surface area contributed by atoms with Crippen LogP contribution < -0.4 is 0 Å². The molecule has 0 bridgehead atoms. The van der Waals surface area contributed by atoms with Crippen molar-refractivity contribution in [3.05, 3.63) is 35.7 Å². The SMILES string of the molecule is Cc1cccc(-c2nc(C3CC(=O)N(C4CCCCC4)C3)no2)c1. The van der Waals surface area contributed by atoms with E-state index in [4.69, 9.17) is 4.52 Å². The second kappa shape index (κ2) is 6.38. The van der Waals surface area contributed by atoms with Gasteiger partial charge in [0.25, 0.3) is 5.89 Å². The topological polar surface area (TPSA) is 59.2 Å². The summed E-state index contributed by atoms with van der Waals surface area (Å²) in [4.78, 5) is 19.0. The maximum atomic E-state index is 12.4. The molecule has 24 heavy (non-hydrogen) atoms. The molecule has 1 atom stereocenters. The molecule has 5 heteroatoms. The summed E-state index contributed by atoms with van der Waals surface area (Å²) >= 11 is 0. The van der Waals surface area contributed by atoms with E-state index in [-0.39, 0.29) is 11.8 Å². The van der Waals surface area contributed by atoms with Crippen LogP contribution in [-0.4, -0.2) is 33.5 Å². The van der Waals surface area contributed by atoms with Crippen molar-refractivity contribution in [3.63, 3.8) is 0 Å². The number of aryl methyl sites for hydroxylation is 1. The van der Waals surface area contributed by atoms with Crippen LogP contribution in [0.1, 0.15) is 55.8 Å². The number of carbonyl (C=O) groups is 1. The normalized spacial score (nSPS) is 22.3. The number of hydrogen-bond donors (Lipinski definition) is 0. The van der Waals surface area contributed by atoms with Crippen LogP contribution in [0.4, 0.5) is 0 Å². The van der Waals surface area contributed by atoms with Crippen LogP contribution in [0, 0.1) is 6.92 Å². The standard InChI is InChI=1S/C19H23N3O2/c1-13-6-5-7-14(10-13)19-20-18(21-24-19)15-11-17(23)22(12-15)16-8-3-2-4-9-16/h5-7,10,15-16H,2-4,8-9,11-12H2,1H3. The van der Waals surface area contributed by atoms with Gasteiger partial charge >= 0.3 is 0 Å². The third kappa shape index (κ3) is 2.95. The summed E-state index contributed by atoms with van der Waals surface area (Å²) < 4.78 is 5.44. The van der Waals surface area contributed by atoms with Gasteiger partial charge in [0.05, 0.1) is 0 Å². The second-order valence-corrected chi connectivity index (χ2v) is 7.07. The number of nitrogens with zero attached hydrogens (tertiary/aromatic N) is 3. The van der Waals surface area contributed by atoms with Gasteiger partial charge in [0.15, 0.2) is 5.82 Å². The predicted molar refractivity (Wildman–Crippen MR) is 90.4 cm³/mol. The summed E-state index contributed by atoms with van der Waals surface area (Å²) in [7, 11) is 0. The summed E-state index contributed by atoms with van der Waals surface area (Å²) in [6, 6.07) is 8.44. The predicted octanol–water partition coefficient (Wildman–Crippen LogP) is 3.69. The molecule has 2 fully saturated rings. The van der Waals surface area contributed by atoms with Crippen LogP contribution in [0.3, 0.4) is 0 Å². The number of benzene rings is 1. The van der Waals surface area contributed by atoms with Crippen LogP contribution in [0.15, 0.2) is 28.8 Å². The highest BCUT2D eigenvalue weighted by molar-refractivity contribution is 5.80. The van der Waals surface area contributed by atoms with Gasteiger partial charge in [-0.2, -0.15) is 4.98 Å². The lowest BCUT2D eigenvalue weighted by molar-refractivity contribution is -0.130. The highest BCUT2D eigenvalue weighted by Gasteiger charge is 2.37. The van der Waals surface area contributed by atoms with Gasteiger partial charge in [-0.25, -0.2) is 0 Å². The Kier molecular flexibility index (Phi) is 4.08. The van der Waals surface area contributed by atoms with Crippen molar-refractivity contribution in [1.82, 2.24) is 15.0 Å². The van der Waals surface area contributed by atoms with E-state index in [1.54, 1.807) is 0 Å². The molecule has 1 unspecified atom stereocenters. The molecule has 2 aliphatic rings. The van der Waals surface area contributed by atoms with Crippen molar-refractivity contribution in [2.45, 2.75) is 57.4 Å². The Bertz CT molecular complexity index is 734. The van der Waals surface area contributed by atoms with E-state index >= 15 is 0 Å². The van der Waals surface area contributed by atoms with Crippen LogP contribution in [-0.2, 0) is 4.79 Å². The summed E-state index contributed by atoms with van der Waals surface area (Å²) in [5.41, 5.74) is 2.09. The van der Waals surface area contributed by atoms with Crippen molar-refractivity contribution in [3.8, 4) is 11.5 Å². The molecule has 0 spiro atoms. The highest BCUT2D eigenvalue weighted by Crippen LogP contribution is 2.33. The molecule has 126 valence electrons. The van der Waals surface area contributed by atoms with Gasteiger partial charge < -0.3 is 9.42 Å². The van der Waals surface area contributed by atoms with E-state index in [1.165, 1.54) is 19.3 Å². The Hall–Kier alpha value is -2.17. The first-order valence-corrected chi connectivity index (χ1v) is 8.91. The van der Waals surface area contributed by atoms with E-state index in [0.29, 0.717) is 24.2 Å². The van der Waals surface area contributed by atoms with E-state index in [2.05, 4.69) is 15.0 Å². The second-order valence-electron chi connectivity index (χ2n) is 7.07. The number of amides is 1. The molecule has 1 saturated carbocycles. The van der Waals surface area contributed by atoms with E-state index in [0.717, 1.165) is 30.5 Å². The minimum atomic E-state index is 0.0572. The number of carbonyl (C=O) groups excluding carboxylic acids is 1. The molecular formula is C19H23N3O2. The molecule has 1 aliphatic carbocycles. The van der Waals surface area contributed by atoms with Gasteiger partial charge in [-0.3, -0.25) is 4.79 Å². The summed E-state index contributed by atoms with van der Waals surface area (Å²) in [6.45, 7) is 2.77. The highest BCUT2D eigenvalue weighted by atomic mass is 16.5. The maximum absolute atomic E-state index is 12.4. The quantitative estimate of drug-likeness (QED) is 0.863. The molecule has 5 nitrogen and oxygen atoms in total. The molecule has 2 heterocycles. The fourth-order valence-corrected chi connectivity index (χ4v) is 3.95. The average molecular weight is 325 g/mol. The van der Waals surface area contributed by atoms with E-state index in [9.17, 15) is 4.79 Å². The molecule has 0 N–H and O–H groups in total. The zero-order valence-electron chi connectivity index (χ0n) is 14.1. The average Bonchev–Trinajstić information content (AvgIpc) is 3.22. The third-order valence-electron chi connectivity index (χ3n) is 5.25. The van der Waals surface area contributed by atoms with Gasteiger partial charge in [-0.05, 0) is 31.9 Å². The lowest BCUT2D eigenvalue weighted by atomic mass is 9.94. The Labute approximate surface area is 142 Å². The lowest BCUT2D eigenvalue weighted by Gasteiger charge is -2.31. The van der Waals surface area contributed by atoms with Gasteiger partial charge in [-0.1, -0.05) is 42.1 Å². The van der Waals surface area contributed by atoms with Gasteiger partial charge in [0, 0.05) is 30.5 Å². The molecular weight excluding hydrogens is 302 g/mol.